The van der Waals surface area contributed by atoms with Crippen molar-refractivity contribution in [3.63, 3.8) is 0 Å². The molecular formula is C14H18S. The molecular weight excluding hydrogens is 200 g/mol. The van der Waals surface area contributed by atoms with Gasteiger partial charge in [0.2, 0.25) is 0 Å². The van der Waals surface area contributed by atoms with Crippen LogP contribution in [0.15, 0.2) is 24.8 Å². The third kappa shape index (κ3) is 2.40. The molecule has 0 nitrogen and oxygen atoms in total. The van der Waals surface area contributed by atoms with Crippen molar-refractivity contribution in [3.8, 4) is 0 Å². The van der Waals surface area contributed by atoms with Crippen LogP contribution >= 0.6 is 11.3 Å². The van der Waals surface area contributed by atoms with E-state index in [9.17, 15) is 0 Å². The van der Waals surface area contributed by atoms with E-state index in [1.54, 1.807) is 10.4 Å². The lowest BCUT2D eigenvalue weighted by Gasteiger charge is -2.02. The molecule has 0 saturated heterocycles. The minimum atomic E-state index is 1.06. The van der Waals surface area contributed by atoms with Crippen molar-refractivity contribution < 1.29 is 0 Å². The van der Waals surface area contributed by atoms with Gasteiger partial charge in [0.25, 0.3) is 0 Å². The zero-order chi connectivity index (χ0) is 10.8. The first-order valence-corrected chi connectivity index (χ1v) is 6.42. The molecule has 1 heteroatoms. The first kappa shape index (κ1) is 10.7. The maximum atomic E-state index is 4.18. The van der Waals surface area contributed by atoms with Crippen molar-refractivity contribution in [1.82, 2.24) is 0 Å². The molecule has 1 aromatic heterocycles. The van der Waals surface area contributed by atoms with Crippen LogP contribution in [0.4, 0.5) is 0 Å². The molecule has 1 aliphatic carbocycles. The third-order valence-electron chi connectivity index (χ3n) is 2.95. The van der Waals surface area contributed by atoms with Crippen LogP contribution in [0.2, 0.25) is 0 Å². The number of allylic oxidation sites excluding steroid dienone is 2. The van der Waals surface area contributed by atoms with Gasteiger partial charge in [0.1, 0.15) is 0 Å². The number of rotatable bonds is 4. The van der Waals surface area contributed by atoms with Gasteiger partial charge in [-0.05, 0) is 56.2 Å². The summed E-state index contributed by atoms with van der Waals surface area (Å²) in [5.41, 5.74) is 4.11. The second-order valence-corrected chi connectivity index (χ2v) is 5.61. The quantitative estimate of drug-likeness (QED) is 0.648. The van der Waals surface area contributed by atoms with Crippen molar-refractivity contribution in [2.45, 2.75) is 39.0 Å². The molecule has 2 rings (SSSR count). The second kappa shape index (κ2) is 4.36. The summed E-state index contributed by atoms with van der Waals surface area (Å²) in [7, 11) is 0. The highest BCUT2D eigenvalue weighted by atomic mass is 32.1. The Kier molecular flexibility index (Phi) is 3.11. The van der Waals surface area contributed by atoms with E-state index in [0.29, 0.717) is 0 Å². The fraction of sp³-hybridized carbons (Fsp3) is 0.429. The van der Waals surface area contributed by atoms with E-state index in [0.717, 1.165) is 12.8 Å². The monoisotopic (exact) mass is 218 g/mol. The van der Waals surface area contributed by atoms with Crippen molar-refractivity contribution >= 4 is 16.9 Å². The Labute approximate surface area is 96.3 Å². The Morgan fingerprint density at radius 2 is 2.13 bits per heavy atom. The molecule has 0 N–H and O–H groups in total. The van der Waals surface area contributed by atoms with Gasteiger partial charge in [-0.2, -0.15) is 0 Å². The van der Waals surface area contributed by atoms with Gasteiger partial charge in [-0.25, -0.2) is 0 Å². The highest BCUT2D eigenvalue weighted by molar-refractivity contribution is 7.13. The molecule has 0 amide bonds. The Balaban J connectivity index is 2.03. The summed E-state index contributed by atoms with van der Waals surface area (Å²) >= 11 is 1.95. The fourth-order valence-electron chi connectivity index (χ4n) is 1.99. The van der Waals surface area contributed by atoms with Crippen molar-refractivity contribution in [1.29, 1.82) is 0 Å². The number of hydrogen-bond donors (Lipinski definition) is 0. The normalized spacial score (nSPS) is 13.9. The van der Waals surface area contributed by atoms with Gasteiger partial charge in [-0.15, -0.1) is 17.9 Å². The summed E-state index contributed by atoms with van der Waals surface area (Å²) in [5.74, 6) is 0. The van der Waals surface area contributed by atoms with Crippen LogP contribution in [-0.2, 0) is 12.8 Å². The van der Waals surface area contributed by atoms with Gasteiger partial charge in [0.15, 0.2) is 0 Å². The maximum absolute atomic E-state index is 4.18. The second-order valence-electron chi connectivity index (χ2n) is 4.47. The van der Waals surface area contributed by atoms with Gasteiger partial charge < -0.3 is 0 Å². The molecule has 1 heterocycles. The molecule has 0 aliphatic heterocycles. The zero-order valence-corrected chi connectivity index (χ0v) is 10.3. The smallest absolute Gasteiger partial charge is 0.0302 e. The van der Waals surface area contributed by atoms with E-state index in [2.05, 4.69) is 26.1 Å². The maximum Gasteiger partial charge on any atom is 0.0302 e. The summed E-state index contributed by atoms with van der Waals surface area (Å²) in [6, 6.07) is 2.35. The number of fused-ring (bicyclic) bond motifs is 1. The lowest BCUT2D eigenvalue weighted by Crippen LogP contribution is -1.81. The van der Waals surface area contributed by atoms with Gasteiger partial charge in [0, 0.05) is 9.75 Å². The molecule has 0 unspecified atom stereocenters. The van der Waals surface area contributed by atoms with Crippen LogP contribution in [0.5, 0.6) is 0 Å². The van der Waals surface area contributed by atoms with Crippen LogP contribution in [0, 0.1) is 0 Å². The summed E-state index contributed by atoms with van der Waals surface area (Å²) < 4.78 is 0. The van der Waals surface area contributed by atoms with Crippen LogP contribution in [0.1, 0.15) is 41.5 Å². The van der Waals surface area contributed by atoms with Gasteiger partial charge in [0.05, 0.1) is 0 Å². The Morgan fingerprint density at radius 3 is 2.80 bits per heavy atom. The summed E-state index contributed by atoms with van der Waals surface area (Å²) in [4.78, 5) is 3.00. The minimum Gasteiger partial charge on any atom is -0.140 e. The highest BCUT2D eigenvalue weighted by Crippen LogP contribution is 2.35. The van der Waals surface area contributed by atoms with E-state index in [-0.39, 0.29) is 0 Å². The topological polar surface area (TPSA) is 0 Å². The van der Waals surface area contributed by atoms with Crippen LogP contribution < -0.4 is 0 Å². The Bertz CT molecular complexity index is 374. The molecule has 15 heavy (non-hydrogen) atoms. The molecule has 0 spiro atoms. The molecule has 0 fully saturated rings. The van der Waals surface area contributed by atoms with Crippen molar-refractivity contribution in [3.05, 3.63) is 40.1 Å². The molecule has 0 saturated carbocycles. The largest absolute Gasteiger partial charge is 0.140 e. The number of thiophene rings is 1. The van der Waals surface area contributed by atoms with Crippen LogP contribution in [0.25, 0.3) is 5.57 Å². The highest BCUT2D eigenvalue weighted by Gasteiger charge is 2.15. The summed E-state index contributed by atoms with van der Waals surface area (Å²) in [6.07, 6.45) is 6.04. The first-order chi connectivity index (χ1) is 7.16. The summed E-state index contributed by atoms with van der Waals surface area (Å²) in [6.45, 7) is 10.2. The molecule has 0 aromatic carbocycles. The van der Waals surface area contributed by atoms with E-state index in [1.807, 2.05) is 11.3 Å². The molecule has 1 aromatic rings. The van der Waals surface area contributed by atoms with Gasteiger partial charge in [-0.1, -0.05) is 12.2 Å². The first-order valence-electron chi connectivity index (χ1n) is 5.61. The van der Waals surface area contributed by atoms with Crippen LogP contribution in [0.3, 0.4) is 0 Å². The predicted octanol–water partition coefficient (Wildman–Crippen LogP) is 4.61. The van der Waals surface area contributed by atoms with Gasteiger partial charge in [-0.3, -0.25) is 0 Å². The Morgan fingerprint density at radius 1 is 1.33 bits per heavy atom. The SMILES string of the molecule is C=C(C)CCC(=C)c1cc2c(s1)CCC2. The van der Waals surface area contributed by atoms with Crippen molar-refractivity contribution in [2.75, 3.05) is 0 Å². The molecule has 0 atom stereocenters. The average Bonchev–Trinajstić information content (AvgIpc) is 2.72. The third-order valence-corrected chi connectivity index (χ3v) is 4.29. The zero-order valence-electron chi connectivity index (χ0n) is 9.44. The molecule has 80 valence electrons. The lowest BCUT2D eigenvalue weighted by atomic mass is 10.1. The van der Waals surface area contributed by atoms with E-state index in [4.69, 9.17) is 0 Å². The molecule has 0 bridgehead atoms. The summed E-state index contributed by atoms with van der Waals surface area (Å²) in [5, 5.41) is 0. The average molecular weight is 218 g/mol. The van der Waals surface area contributed by atoms with E-state index in [1.165, 1.54) is 35.3 Å². The number of aryl methyl sites for hydroxylation is 2. The molecule has 0 radical (unpaired) electrons. The lowest BCUT2D eigenvalue weighted by molar-refractivity contribution is 0.914. The van der Waals surface area contributed by atoms with Crippen LogP contribution in [-0.4, -0.2) is 0 Å². The van der Waals surface area contributed by atoms with Gasteiger partial charge >= 0.3 is 0 Å². The number of hydrogen-bond acceptors (Lipinski definition) is 1. The standard InChI is InChI=1S/C14H18S/c1-10(2)7-8-11(3)14-9-12-5-4-6-13(12)15-14/h9H,1,3-8H2,2H3. The van der Waals surface area contributed by atoms with E-state index >= 15 is 0 Å². The molecule has 1 aliphatic rings. The predicted molar refractivity (Wildman–Crippen MR) is 69.4 cm³/mol. The fourth-order valence-corrected chi connectivity index (χ4v) is 3.24. The van der Waals surface area contributed by atoms with E-state index < -0.39 is 0 Å². The minimum absolute atomic E-state index is 1.06. The Hall–Kier alpha value is -0.820. The van der Waals surface area contributed by atoms with Crippen molar-refractivity contribution in [2.24, 2.45) is 0 Å².